The third kappa shape index (κ3) is 5.46. The number of alkyl carbamates (subject to hydrolysis) is 1. The number of hydrogen-bond donors (Lipinski definition) is 1. The van der Waals surface area contributed by atoms with Crippen molar-refractivity contribution in [2.45, 2.75) is 76.7 Å². The summed E-state index contributed by atoms with van der Waals surface area (Å²) in [5.41, 5.74) is 0.142. The van der Waals surface area contributed by atoms with E-state index in [1.165, 1.54) is 6.33 Å². The van der Waals surface area contributed by atoms with E-state index in [9.17, 15) is 4.79 Å². The summed E-state index contributed by atoms with van der Waals surface area (Å²) in [6.07, 6.45) is 1.54. The van der Waals surface area contributed by atoms with Crippen molar-refractivity contribution in [2.75, 3.05) is 32.8 Å². The molecule has 2 aromatic heterocycles. The third-order valence-corrected chi connectivity index (χ3v) is 6.70. The van der Waals surface area contributed by atoms with Crippen molar-refractivity contribution in [3.63, 3.8) is 0 Å². The van der Waals surface area contributed by atoms with Crippen LogP contribution in [0.1, 0.15) is 40.8 Å². The van der Waals surface area contributed by atoms with Crippen molar-refractivity contribution in [3.8, 4) is 0 Å². The number of fused-ring (bicyclic) bond motifs is 2. The third-order valence-electron chi connectivity index (χ3n) is 6.39. The van der Waals surface area contributed by atoms with Crippen molar-refractivity contribution in [3.05, 3.63) is 23.7 Å². The quantitative estimate of drug-likeness (QED) is 0.591. The Morgan fingerprint density at radius 2 is 2.06 bits per heavy atom. The topological polar surface area (TPSA) is 109 Å². The molecule has 3 aliphatic rings. The molecule has 12 heteroatoms. The molecule has 1 N–H and O–H groups in total. The van der Waals surface area contributed by atoms with E-state index in [0.29, 0.717) is 37.0 Å². The maximum Gasteiger partial charge on any atom is 0.407 e. The zero-order valence-electron chi connectivity index (χ0n) is 21.3. The molecule has 2 aromatic rings. The molecule has 1 unspecified atom stereocenters. The van der Waals surface area contributed by atoms with Gasteiger partial charge in [0.15, 0.2) is 12.0 Å². The number of nitrogens with one attached hydrogen (secondary N) is 1. The van der Waals surface area contributed by atoms with Crippen molar-refractivity contribution < 1.29 is 28.5 Å². The highest BCUT2D eigenvalue weighted by Crippen LogP contribution is 2.44. The van der Waals surface area contributed by atoms with E-state index in [0.717, 1.165) is 11.9 Å². The average molecular weight is 524 g/mol. The van der Waals surface area contributed by atoms with Crippen molar-refractivity contribution >= 4 is 28.7 Å². The minimum absolute atomic E-state index is 0.149. The van der Waals surface area contributed by atoms with Gasteiger partial charge in [-0.2, -0.15) is 0 Å². The van der Waals surface area contributed by atoms with Gasteiger partial charge < -0.3 is 33.6 Å². The number of carbonyl (C=O) groups is 1. The van der Waals surface area contributed by atoms with Crippen LogP contribution in [0.4, 0.5) is 4.79 Å². The highest BCUT2D eigenvalue weighted by atomic mass is 35.5. The summed E-state index contributed by atoms with van der Waals surface area (Å²) in [5, 5.41) is 3.96. The predicted octanol–water partition coefficient (Wildman–Crippen LogP) is 2.73. The van der Waals surface area contributed by atoms with Gasteiger partial charge in [-0.1, -0.05) is 11.6 Å². The summed E-state index contributed by atoms with van der Waals surface area (Å²) >= 11 is 6.27. The summed E-state index contributed by atoms with van der Waals surface area (Å²) in [5.74, 6) is -0.726. The minimum atomic E-state index is -0.726. The maximum atomic E-state index is 12.0. The molecule has 36 heavy (non-hydrogen) atoms. The van der Waals surface area contributed by atoms with Gasteiger partial charge in [-0.3, -0.25) is 4.90 Å². The summed E-state index contributed by atoms with van der Waals surface area (Å²) in [6, 6.07) is 1.88. The molecule has 3 saturated heterocycles. The molecule has 5 heterocycles. The zero-order chi connectivity index (χ0) is 25.7. The summed E-state index contributed by atoms with van der Waals surface area (Å²) in [6.45, 7) is 12.3. The molecule has 0 saturated carbocycles. The van der Waals surface area contributed by atoms with Crippen LogP contribution in [0.3, 0.4) is 0 Å². The van der Waals surface area contributed by atoms with Gasteiger partial charge >= 0.3 is 6.09 Å². The first-order valence-corrected chi connectivity index (χ1v) is 12.7. The van der Waals surface area contributed by atoms with Crippen LogP contribution in [0.15, 0.2) is 18.6 Å². The number of nitrogens with zero attached hydrogens (tertiary/aromatic N) is 4. The van der Waals surface area contributed by atoms with Crippen LogP contribution in [0.2, 0.25) is 5.15 Å². The highest BCUT2D eigenvalue weighted by Gasteiger charge is 2.56. The number of amides is 1. The van der Waals surface area contributed by atoms with Gasteiger partial charge in [0, 0.05) is 32.4 Å². The molecule has 1 amide bonds. The molecule has 5 rings (SSSR count). The predicted molar refractivity (Wildman–Crippen MR) is 131 cm³/mol. The van der Waals surface area contributed by atoms with Gasteiger partial charge in [0.25, 0.3) is 0 Å². The van der Waals surface area contributed by atoms with E-state index in [2.05, 4.69) is 20.2 Å². The normalized spacial score (nSPS) is 30.4. The Morgan fingerprint density at radius 3 is 2.83 bits per heavy atom. The number of ether oxygens (including phenoxy) is 5. The van der Waals surface area contributed by atoms with E-state index in [4.69, 9.17) is 35.3 Å². The lowest BCUT2D eigenvalue weighted by molar-refractivity contribution is -0.199. The first-order valence-electron chi connectivity index (χ1n) is 12.3. The van der Waals surface area contributed by atoms with Crippen LogP contribution in [-0.4, -0.2) is 94.1 Å². The van der Waals surface area contributed by atoms with E-state index in [1.807, 2.05) is 51.4 Å². The number of halogens is 1. The molecule has 0 aliphatic carbocycles. The van der Waals surface area contributed by atoms with Crippen LogP contribution >= 0.6 is 11.6 Å². The van der Waals surface area contributed by atoms with Crippen LogP contribution in [0.25, 0.3) is 11.0 Å². The lowest BCUT2D eigenvalue weighted by Gasteiger charge is -2.35. The first kappa shape index (κ1) is 25.6. The molecule has 3 aliphatic heterocycles. The molecule has 0 aromatic carbocycles. The van der Waals surface area contributed by atoms with Crippen LogP contribution < -0.4 is 5.32 Å². The summed E-state index contributed by atoms with van der Waals surface area (Å²) < 4.78 is 32.3. The lowest BCUT2D eigenvalue weighted by Crippen LogP contribution is -2.51. The summed E-state index contributed by atoms with van der Waals surface area (Å²) in [4.78, 5) is 22.8. The average Bonchev–Trinajstić information content (AvgIpc) is 3.44. The van der Waals surface area contributed by atoms with Crippen molar-refractivity contribution in [1.82, 2.24) is 24.8 Å². The van der Waals surface area contributed by atoms with Crippen LogP contribution in [-0.2, 0) is 23.7 Å². The molecule has 3 fully saturated rings. The maximum absolute atomic E-state index is 12.0. The second kappa shape index (κ2) is 9.70. The Morgan fingerprint density at radius 1 is 1.28 bits per heavy atom. The summed E-state index contributed by atoms with van der Waals surface area (Å²) in [7, 11) is 0. The van der Waals surface area contributed by atoms with Gasteiger partial charge in [-0.05, 0) is 40.7 Å². The molecule has 11 nitrogen and oxygen atoms in total. The fourth-order valence-electron chi connectivity index (χ4n) is 5.01. The van der Waals surface area contributed by atoms with E-state index in [-0.39, 0.29) is 24.4 Å². The second-order valence-electron chi connectivity index (χ2n) is 10.9. The van der Waals surface area contributed by atoms with Gasteiger partial charge in [0.05, 0.1) is 18.1 Å². The second-order valence-corrected chi connectivity index (χ2v) is 11.2. The zero-order valence-corrected chi connectivity index (χ0v) is 22.0. The molecular formula is C24H34ClN5O6. The van der Waals surface area contributed by atoms with Gasteiger partial charge in [0.2, 0.25) is 0 Å². The monoisotopic (exact) mass is 523 g/mol. The molecule has 0 radical (unpaired) electrons. The SMILES string of the molecule is CC(C)(C)OC(=O)NCC1CN(C[C@H]2O[C@@H](n3ccc4c(Cl)ncnc43)[C@@H]3OC(C)(C)O[C@@H]32)CCO1. The van der Waals surface area contributed by atoms with Gasteiger partial charge in [-0.15, -0.1) is 0 Å². The molecule has 198 valence electrons. The highest BCUT2D eigenvalue weighted by molar-refractivity contribution is 6.33. The molecular weight excluding hydrogens is 490 g/mol. The largest absolute Gasteiger partial charge is 0.444 e. The van der Waals surface area contributed by atoms with Crippen molar-refractivity contribution in [1.29, 1.82) is 0 Å². The first-order chi connectivity index (χ1) is 17.0. The Labute approximate surface area is 215 Å². The minimum Gasteiger partial charge on any atom is -0.444 e. The van der Waals surface area contributed by atoms with E-state index >= 15 is 0 Å². The molecule has 0 spiro atoms. The van der Waals surface area contributed by atoms with Gasteiger partial charge in [0.1, 0.15) is 41.0 Å². The fraction of sp³-hybridized carbons (Fsp3) is 0.708. The van der Waals surface area contributed by atoms with Crippen molar-refractivity contribution in [2.24, 2.45) is 0 Å². The van der Waals surface area contributed by atoms with Crippen LogP contribution in [0.5, 0.6) is 0 Å². The fourth-order valence-corrected chi connectivity index (χ4v) is 5.20. The number of hydrogen-bond acceptors (Lipinski definition) is 9. The Kier molecular flexibility index (Phi) is 6.90. The standard InChI is InChI=1S/C24H34ClN5O6/c1-23(2,3)36-22(31)26-10-14-11-29(8-9-32-14)12-16-17-18(35-24(4,5)34-17)21(33-16)30-7-6-15-19(25)27-13-28-20(15)30/h6-7,13-14,16-18,21H,8-12H2,1-5H3,(H,26,31)/t14?,16-,17-,18-,21-/m1/s1. The van der Waals surface area contributed by atoms with E-state index < -0.39 is 23.7 Å². The lowest BCUT2D eigenvalue weighted by atomic mass is 10.1. The van der Waals surface area contributed by atoms with Gasteiger partial charge in [-0.25, -0.2) is 14.8 Å². The van der Waals surface area contributed by atoms with E-state index in [1.54, 1.807) is 0 Å². The smallest absolute Gasteiger partial charge is 0.407 e. The Balaban J connectivity index is 1.26. The Bertz CT molecular complexity index is 1100. The number of morpholine rings is 1. The van der Waals surface area contributed by atoms with Crippen LogP contribution in [0, 0.1) is 0 Å². The number of aromatic nitrogens is 3. The number of carbonyl (C=O) groups excluding carboxylic acids is 1. The number of rotatable bonds is 5. The Hall–Kier alpha value is -2.02. The molecule has 0 bridgehead atoms. The molecule has 5 atom stereocenters.